The number of hydrogen-bond donors (Lipinski definition) is 2. The fourth-order valence-corrected chi connectivity index (χ4v) is 4.32. The van der Waals surface area contributed by atoms with E-state index in [0.717, 1.165) is 22.6 Å². The van der Waals surface area contributed by atoms with Gasteiger partial charge >= 0.3 is 0 Å². The Morgan fingerprint density at radius 3 is 2.48 bits per heavy atom. The van der Waals surface area contributed by atoms with Crippen LogP contribution in [0, 0.1) is 0 Å². The summed E-state index contributed by atoms with van der Waals surface area (Å²) in [6.07, 6.45) is 3.29. The quantitative estimate of drug-likeness (QED) is 0.762. The molecule has 0 saturated heterocycles. The number of imidazole rings is 1. The number of aromatic nitrogens is 2. The summed E-state index contributed by atoms with van der Waals surface area (Å²) in [5, 5.41) is 0. The van der Waals surface area contributed by atoms with Crippen molar-refractivity contribution in [2.75, 3.05) is 4.72 Å². The Balaban J connectivity index is 1.82. The lowest BCUT2D eigenvalue weighted by molar-refractivity contribution is 0.603. The van der Waals surface area contributed by atoms with Gasteiger partial charge in [0.2, 0.25) is 0 Å². The first kappa shape index (κ1) is 14.1. The van der Waals surface area contributed by atoms with Crippen molar-refractivity contribution in [2.24, 2.45) is 0 Å². The van der Waals surface area contributed by atoms with Gasteiger partial charge in [-0.3, -0.25) is 4.72 Å². The molecule has 1 aromatic carbocycles. The van der Waals surface area contributed by atoms with Crippen LogP contribution in [0.5, 0.6) is 0 Å². The Bertz CT molecular complexity index is 840. The molecule has 0 fully saturated rings. The summed E-state index contributed by atoms with van der Waals surface area (Å²) >= 11 is 6.78. The summed E-state index contributed by atoms with van der Waals surface area (Å²) in [4.78, 5) is 6.93. The topological polar surface area (TPSA) is 74.8 Å². The van der Waals surface area contributed by atoms with Crippen LogP contribution >= 0.6 is 22.9 Å². The lowest BCUT2D eigenvalue weighted by Gasteiger charge is -2.06. The van der Waals surface area contributed by atoms with Crippen LogP contribution in [-0.4, -0.2) is 18.4 Å². The van der Waals surface area contributed by atoms with E-state index in [2.05, 4.69) is 14.7 Å². The van der Waals surface area contributed by atoms with E-state index in [1.165, 1.54) is 6.07 Å². The number of sulfonamides is 1. The predicted molar refractivity (Wildman–Crippen MR) is 84.2 cm³/mol. The van der Waals surface area contributed by atoms with Crippen molar-refractivity contribution < 1.29 is 8.42 Å². The molecule has 2 heterocycles. The number of nitrogens with one attached hydrogen (secondary N) is 2. The van der Waals surface area contributed by atoms with Gasteiger partial charge in [-0.05, 0) is 29.8 Å². The third-order valence-corrected chi connectivity index (χ3v) is 5.86. The highest BCUT2D eigenvalue weighted by atomic mass is 35.5. The Hall–Kier alpha value is -1.83. The van der Waals surface area contributed by atoms with Gasteiger partial charge in [0.15, 0.2) is 0 Å². The molecule has 8 heteroatoms. The second-order valence-electron chi connectivity index (χ2n) is 4.21. The van der Waals surface area contributed by atoms with Crippen LogP contribution in [0.4, 0.5) is 5.69 Å². The molecule has 21 heavy (non-hydrogen) atoms. The summed E-state index contributed by atoms with van der Waals surface area (Å²) in [7, 11) is -3.60. The largest absolute Gasteiger partial charge is 0.345 e. The molecule has 0 atom stereocenters. The Kier molecular flexibility index (Phi) is 3.71. The van der Waals surface area contributed by atoms with Crippen molar-refractivity contribution in [3.63, 3.8) is 0 Å². The fraction of sp³-hybridized carbons (Fsp3) is 0. The number of halogens is 1. The van der Waals surface area contributed by atoms with Crippen molar-refractivity contribution in [1.82, 2.24) is 9.97 Å². The number of anilines is 1. The number of benzene rings is 1. The second-order valence-corrected chi connectivity index (χ2v) is 7.83. The van der Waals surface area contributed by atoms with E-state index < -0.39 is 10.0 Å². The molecule has 3 rings (SSSR count). The molecular weight excluding hydrogens is 330 g/mol. The van der Waals surface area contributed by atoms with Crippen LogP contribution in [-0.2, 0) is 10.0 Å². The lowest BCUT2D eigenvalue weighted by Crippen LogP contribution is -2.11. The molecule has 5 nitrogen and oxygen atoms in total. The highest BCUT2D eigenvalue weighted by Gasteiger charge is 2.16. The molecule has 0 spiro atoms. The van der Waals surface area contributed by atoms with Gasteiger partial charge in [-0.25, -0.2) is 13.4 Å². The normalized spacial score (nSPS) is 11.5. The van der Waals surface area contributed by atoms with E-state index in [1.807, 2.05) is 12.1 Å². The molecule has 2 N–H and O–H groups in total. The number of nitrogens with zero attached hydrogens (tertiary/aromatic N) is 1. The lowest BCUT2D eigenvalue weighted by atomic mass is 10.1. The number of aromatic amines is 1. The summed E-state index contributed by atoms with van der Waals surface area (Å²) in [5.41, 5.74) is 2.28. The van der Waals surface area contributed by atoms with E-state index in [4.69, 9.17) is 11.6 Å². The Morgan fingerprint density at radius 1 is 1.14 bits per heavy atom. The minimum absolute atomic E-state index is 0.185. The Morgan fingerprint density at radius 2 is 1.90 bits per heavy atom. The van der Waals surface area contributed by atoms with Gasteiger partial charge in [0.25, 0.3) is 10.0 Å². The van der Waals surface area contributed by atoms with Crippen LogP contribution in [0.3, 0.4) is 0 Å². The van der Waals surface area contributed by atoms with Gasteiger partial charge in [0.1, 0.15) is 4.21 Å². The van der Waals surface area contributed by atoms with Crippen molar-refractivity contribution in [3.8, 4) is 11.3 Å². The van der Waals surface area contributed by atoms with Crippen LogP contribution in [0.1, 0.15) is 0 Å². The molecule has 0 aliphatic rings. The molecular formula is C13H10ClN3O2S2. The smallest absolute Gasteiger partial charge is 0.271 e. The predicted octanol–water partition coefficient (Wildman–Crippen LogP) is 3.59. The van der Waals surface area contributed by atoms with Gasteiger partial charge in [0.05, 0.1) is 22.6 Å². The van der Waals surface area contributed by atoms with Crippen molar-refractivity contribution in [2.45, 2.75) is 4.21 Å². The zero-order valence-electron chi connectivity index (χ0n) is 10.6. The first-order valence-corrected chi connectivity index (χ1v) is 8.59. The minimum Gasteiger partial charge on any atom is -0.345 e. The summed E-state index contributed by atoms with van der Waals surface area (Å²) in [5.74, 6) is 0. The van der Waals surface area contributed by atoms with Crippen molar-refractivity contribution in [3.05, 3.63) is 53.3 Å². The molecule has 108 valence electrons. The summed E-state index contributed by atoms with van der Waals surface area (Å²) in [6.45, 7) is 0. The van der Waals surface area contributed by atoms with Gasteiger partial charge in [0, 0.05) is 5.69 Å². The van der Waals surface area contributed by atoms with E-state index in [-0.39, 0.29) is 4.21 Å². The molecule has 3 aromatic rings. The highest BCUT2D eigenvalue weighted by Crippen LogP contribution is 2.27. The summed E-state index contributed by atoms with van der Waals surface area (Å²) in [6, 6.07) is 10.1. The molecule has 2 aromatic heterocycles. The van der Waals surface area contributed by atoms with Gasteiger partial charge in [-0.1, -0.05) is 23.7 Å². The minimum atomic E-state index is -3.60. The van der Waals surface area contributed by atoms with Crippen LogP contribution in [0.2, 0.25) is 4.34 Å². The molecule has 0 bridgehead atoms. The molecule has 0 amide bonds. The first-order valence-electron chi connectivity index (χ1n) is 5.91. The number of H-pyrrole nitrogens is 1. The van der Waals surface area contributed by atoms with Crippen LogP contribution < -0.4 is 4.72 Å². The summed E-state index contributed by atoms with van der Waals surface area (Å²) < 4.78 is 27.4. The average molecular weight is 340 g/mol. The SMILES string of the molecule is O=S(=O)(Nc1ccc(-c2cnc[nH]2)cc1)c1ccc(Cl)s1. The molecule has 0 aliphatic carbocycles. The number of hydrogen-bond acceptors (Lipinski definition) is 4. The van der Waals surface area contributed by atoms with Gasteiger partial charge < -0.3 is 4.98 Å². The first-order chi connectivity index (χ1) is 10.0. The zero-order valence-corrected chi connectivity index (χ0v) is 13.0. The standard InChI is InChI=1S/C13H10ClN3O2S2/c14-12-5-6-13(20-12)21(18,19)17-10-3-1-9(2-4-10)11-7-15-8-16-11/h1-8,17H,(H,15,16). The van der Waals surface area contributed by atoms with Crippen LogP contribution in [0.15, 0.2) is 53.1 Å². The maximum atomic E-state index is 12.2. The molecule has 0 radical (unpaired) electrons. The monoisotopic (exact) mass is 339 g/mol. The highest BCUT2D eigenvalue weighted by molar-refractivity contribution is 7.94. The Labute approximate surface area is 130 Å². The van der Waals surface area contributed by atoms with E-state index >= 15 is 0 Å². The van der Waals surface area contributed by atoms with E-state index in [1.54, 1.807) is 30.7 Å². The maximum absolute atomic E-state index is 12.2. The van der Waals surface area contributed by atoms with Gasteiger partial charge in [-0.2, -0.15) is 0 Å². The van der Waals surface area contributed by atoms with E-state index in [0.29, 0.717) is 10.0 Å². The van der Waals surface area contributed by atoms with Crippen LogP contribution in [0.25, 0.3) is 11.3 Å². The van der Waals surface area contributed by atoms with Crippen molar-refractivity contribution in [1.29, 1.82) is 0 Å². The maximum Gasteiger partial charge on any atom is 0.271 e. The third-order valence-electron chi connectivity index (χ3n) is 2.76. The molecule has 0 unspecified atom stereocenters. The fourth-order valence-electron chi connectivity index (χ4n) is 1.78. The second kappa shape index (κ2) is 5.51. The third kappa shape index (κ3) is 3.10. The molecule has 0 aliphatic heterocycles. The van der Waals surface area contributed by atoms with E-state index in [9.17, 15) is 8.42 Å². The van der Waals surface area contributed by atoms with Gasteiger partial charge in [-0.15, -0.1) is 11.3 Å². The van der Waals surface area contributed by atoms with Crippen molar-refractivity contribution >= 4 is 38.6 Å². The zero-order chi connectivity index (χ0) is 14.9. The number of rotatable bonds is 4. The molecule has 0 saturated carbocycles. The average Bonchev–Trinajstić information content (AvgIpc) is 3.10. The number of thiophene rings is 1.